The lowest BCUT2D eigenvalue weighted by molar-refractivity contribution is 0.1000. The van der Waals surface area contributed by atoms with Crippen molar-refractivity contribution >= 4 is 51.8 Å². The number of primary amides is 1. The fraction of sp³-hybridized carbons (Fsp3) is 0.269. The smallest absolute Gasteiger partial charge is 0.319 e. The van der Waals surface area contributed by atoms with E-state index in [0.717, 1.165) is 42.7 Å². The highest BCUT2D eigenvalue weighted by Gasteiger charge is 2.18. The van der Waals surface area contributed by atoms with Gasteiger partial charge >= 0.3 is 6.03 Å². The van der Waals surface area contributed by atoms with E-state index < -0.39 is 5.91 Å². The maximum atomic E-state index is 12.4. The third-order valence-electron chi connectivity index (χ3n) is 6.48. The van der Waals surface area contributed by atoms with E-state index in [2.05, 4.69) is 48.3 Å². The monoisotopic (exact) mass is 514 g/mol. The van der Waals surface area contributed by atoms with Crippen LogP contribution in [0, 0.1) is 0 Å². The van der Waals surface area contributed by atoms with E-state index in [4.69, 9.17) is 5.73 Å². The topological polar surface area (TPSA) is 155 Å². The number of rotatable bonds is 7. The van der Waals surface area contributed by atoms with Crippen LogP contribution in [0.1, 0.15) is 23.2 Å². The van der Waals surface area contributed by atoms with Crippen LogP contribution in [0.3, 0.4) is 0 Å². The van der Waals surface area contributed by atoms with Crippen LogP contribution in [0.15, 0.2) is 54.7 Å². The molecule has 0 saturated carbocycles. The van der Waals surface area contributed by atoms with Crippen molar-refractivity contribution in [2.75, 3.05) is 36.1 Å². The number of benzene rings is 2. The molecule has 1 aliphatic heterocycles. The average molecular weight is 515 g/mol. The highest BCUT2D eigenvalue weighted by molar-refractivity contribution is 5.94. The first kappa shape index (κ1) is 25.0. The molecule has 2 aromatic heterocycles. The van der Waals surface area contributed by atoms with Gasteiger partial charge < -0.3 is 31.9 Å². The highest BCUT2D eigenvalue weighted by Crippen LogP contribution is 2.26. The molecular weight excluding hydrogens is 484 g/mol. The first-order chi connectivity index (χ1) is 18.3. The van der Waals surface area contributed by atoms with Gasteiger partial charge in [-0.05, 0) is 81.5 Å². The number of amides is 3. The predicted octanol–water partition coefficient (Wildman–Crippen LogP) is 3.17. The summed E-state index contributed by atoms with van der Waals surface area (Å²) in [6.07, 6.45) is 3.59. The molecular formula is C26H30N10O2. The molecule has 196 valence electrons. The Bertz CT molecular complexity index is 1440. The van der Waals surface area contributed by atoms with Crippen molar-refractivity contribution in [3.8, 4) is 0 Å². The summed E-state index contributed by atoms with van der Waals surface area (Å²) in [5.41, 5.74) is 8.57. The summed E-state index contributed by atoms with van der Waals surface area (Å²) in [6, 6.07) is 14.1. The number of hydrogen-bond donors (Lipinski definition) is 5. The van der Waals surface area contributed by atoms with Crippen LogP contribution < -0.4 is 27.0 Å². The SMILES string of the molecule is CN1CCC(NC(=O)Nc2ccc(Nc3nc(Nc4ccc(C(N)=O)cc4)c4cnn(C)c4n3)cc2)CC1. The zero-order valence-electron chi connectivity index (χ0n) is 21.2. The maximum absolute atomic E-state index is 12.4. The third-order valence-corrected chi connectivity index (χ3v) is 6.48. The van der Waals surface area contributed by atoms with Gasteiger partial charge in [0.05, 0.1) is 11.6 Å². The first-order valence-corrected chi connectivity index (χ1v) is 12.3. The van der Waals surface area contributed by atoms with Gasteiger partial charge in [-0.25, -0.2) is 4.79 Å². The number of aryl methyl sites for hydroxylation is 1. The number of likely N-dealkylation sites (tertiary alicyclic amines) is 1. The number of piperidine rings is 1. The van der Waals surface area contributed by atoms with Gasteiger partial charge in [-0.2, -0.15) is 15.1 Å². The minimum absolute atomic E-state index is 0.190. The number of anilines is 5. The number of fused-ring (bicyclic) bond motifs is 1. The molecule has 12 nitrogen and oxygen atoms in total. The second kappa shape index (κ2) is 10.7. The van der Waals surface area contributed by atoms with Gasteiger partial charge in [0.2, 0.25) is 11.9 Å². The quantitative estimate of drug-likeness (QED) is 0.252. The second-order valence-electron chi connectivity index (χ2n) is 9.35. The minimum atomic E-state index is -0.487. The van der Waals surface area contributed by atoms with Crippen molar-refractivity contribution in [2.24, 2.45) is 12.8 Å². The number of carbonyl (C=O) groups is 2. The number of nitrogens with zero attached hydrogens (tertiary/aromatic N) is 5. The van der Waals surface area contributed by atoms with Gasteiger partial charge in [-0.15, -0.1) is 0 Å². The van der Waals surface area contributed by atoms with Crippen molar-refractivity contribution in [1.29, 1.82) is 0 Å². The molecule has 0 unspecified atom stereocenters. The largest absolute Gasteiger partial charge is 0.366 e. The average Bonchev–Trinajstić information content (AvgIpc) is 3.27. The third kappa shape index (κ3) is 5.81. The Kier molecular flexibility index (Phi) is 7.05. The normalized spacial score (nSPS) is 14.3. The Labute approximate surface area is 219 Å². The summed E-state index contributed by atoms with van der Waals surface area (Å²) in [5.74, 6) is 0.443. The first-order valence-electron chi connectivity index (χ1n) is 12.3. The van der Waals surface area contributed by atoms with E-state index in [9.17, 15) is 9.59 Å². The standard InChI is InChI=1S/C26H30N10O2/c1-35-13-11-20(12-14-35)32-26(38)31-19-9-7-18(8-10-19)30-25-33-23(21-15-28-36(2)24(21)34-25)29-17-5-3-16(4-6-17)22(27)37/h3-10,15,20H,11-14H2,1-2H3,(H2,27,37)(H2,31,32,38)(H2,29,30,33,34). The molecule has 1 aliphatic rings. The lowest BCUT2D eigenvalue weighted by Gasteiger charge is -2.29. The molecule has 0 atom stereocenters. The number of nitrogens with two attached hydrogens (primary N) is 1. The van der Waals surface area contributed by atoms with E-state index in [1.165, 1.54) is 0 Å². The molecule has 0 bridgehead atoms. The second-order valence-corrected chi connectivity index (χ2v) is 9.35. The molecule has 0 spiro atoms. The molecule has 12 heteroatoms. The van der Waals surface area contributed by atoms with Gasteiger partial charge in [0.15, 0.2) is 5.65 Å². The van der Waals surface area contributed by atoms with Gasteiger partial charge in [-0.3, -0.25) is 9.48 Å². The molecule has 0 radical (unpaired) electrons. The Morgan fingerprint density at radius 1 is 0.895 bits per heavy atom. The lowest BCUT2D eigenvalue weighted by atomic mass is 10.1. The number of carbonyl (C=O) groups excluding carboxylic acids is 2. The van der Waals surface area contributed by atoms with Crippen LogP contribution in [-0.2, 0) is 7.05 Å². The zero-order valence-corrected chi connectivity index (χ0v) is 21.2. The molecule has 4 aromatic rings. The molecule has 6 N–H and O–H groups in total. The number of nitrogens with one attached hydrogen (secondary N) is 4. The Hall–Kier alpha value is -4.71. The molecule has 1 fully saturated rings. The van der Waals surface area contributed by atoms with Crippen LogP contribution in [0.2, 0.25) is 0 Å². The Balaban J connectivity index is 1.27. The van der Waals surface area contributed by atoms with Crippen LogP contribution in [0.25, 0.3) is 11.0 Å². The number of urea groups is 1. The zero-order chi connectivity index (χ0) is 26.6. The molecule has 5 rings (SSSR count). The van der Waals surface area contributed by atoms with Crippen LogP contribution in [0.5, 0.6) is 0 Å². The summed E-state index contributed by atoms with van der Waals surface area (Å²) in [6.45, 7) is 1.97. The maximum Gasteiger partial charge on any atom is 0.319 e. The van der Waals surface area contributed by atoms with Crippen molar-refractivity contribution < 1.29 is 9.59 Å². The molecule has 3 heterocycles. The predicted molar refractivity (Wildman–Crippen MR) is 147 cm³/mol. The van der Waals surface area contributed by atoms with Gasteiger partial charge in [0.25, 0.3) is 0 Å². The van der Waals surface area contributed by atoms with Crippen molar-refractivity contribution in [3.63, 3.8) is 0 Å². The minimum Gasteiger partial charge on any atom is -0.366 e. The van der Waals surface area contributed by atoms with E-state index in [1.54, 1.807) is 35.1 Å². The molecule has 1 saturated heterocycles. The summed E-state index contributed by atoms with van der Waals surface area (Å²) < 4.78 is 1.67. The van der Waals surface area contributed by atoms with Gasteiger partial charge in [-0.1, -0.05) is 0 Å². The van der Waals surface area contributed by atoms with Crippen LogP contribution in [0.4, 0.5) is 33.6 Å². The van der Waals surface area contributed by atoms with Crippen LogP contribution in [-0.4, -0.2) is 62.8 Å². The molecule has 2 aromatic carbocycles. The van der Waals surface area contributed by atoms with E-state index in [-0.39, 0.29) is 12.1 Å². The molecule has 3 amide bonds. The van der Waals surface area contributed by atoms with E-state index in [0.29, 0.717) is 28.7 Å². The summed E-state index contributed by atoms with van der Waals surface area (Å²) >= 11 is 0. The molecule has 0 aliphatic carbocycles. The summed E-state index contributed by atoms with van der Waals surface area (Å²) in [5, 5.41) is 17.5. The van der Waals surface area contributed by atoms with E-state index >= 15 is 0 Å². The number of aromatic nitrogens is 4. The van der Waals surface area contributed by atoms with Crippen molar-refractivity contribution in [3.05, 3.63) is 60.3 Å². The fourth-order valence-electron chi connectivity index (χ4n) is 4.30. The summed E-state index contributed by atoms with van der Waals surface area (Å²) in [7, 11) is 3.90. The van der Waals surface area contributed by atoms with Gasteiger partial charge in [0, 0.05) is 35.7 Å². The Morgan fingerprint density at radius 2 is 1.53 bits per heavy atom. The van der Waals surface area contributed by atoms with Crippen molar-refractivity contribution in [1.82, 2.24) is 30.0 Å². The fourth-order valence-corrected chi connectivity index (χ4v) is 4.30. The van der Waals surface area contributed by atoms with Crippen LogP contribution >= 0.6 is 0 Å². The lowest BCUT2D eigenvalue weighted by Crippen LogP contribution is -2.44. The Morgan fingerprint density at radius 3 is 2.21 bits per heavy atom. The summed E-state index contributed by atoms with van der Waals surface area (Å²) in [4.78, 5) is 35.3. The highest BCUT2D eigenvalue weighted by atomic mass is 16.2. The number of hydrogen-bond acceptors (Lipinski definition) is 8. The van der Waals surface area contributed by atoms with Gasteiger partial charge in [0.1, 0.15) is 5.82 Å². The van der Waals surface area contributed by atoms with Crippen molar-refractivity contribution in [2.45, 2.75) is 18.9 Å². The molecule has 38 heavy (non-hydrogen) atoms. The van der Waals surface area contributed by atoms with E-state index in [1.807, 2.05) is 31.3 Å².